The van der Waals surface area contributed by atoms with E-state index < -0.39 is 10.0 Å². The van der Waals surface area contributed by atoms with Crippen LogP contribution in [0.3, 0.4) is 0 Å². The maximum absolute atomic E-state index is 11.2. The van der Waals surface area contributed by atoms with Crippen molar-refractivity contribution in [2.24, 2.45) is 16.0 Å². The Bertz CT molecular complexity index is 595. The molecule has 1 atom stereocenters. The first-order valence-electron chi connectivity index (χ1n) is 6.43. The normalized spacial score (nSPS) is 19.2. The van der Waals surface area contributed by atoms with Gasteiger partial charge in [0.1, 0.15) is 0 Å². The van der Waals surface area contributed by atoms with Gasteiger partial charge < -0.3 is 5.32 Å². The average Bonchev–Trinajstić information content (AvgIpc) is 2.85. The molecule has 0 aliphatic carbocycles. The number of aliphatic imine (C=N–C) groups is 1. The van der Waals surface area contributed by atoms with Crippen molar-refractivity contribution in [3.05, 3.63) is 29.8 Å². The fourth-order valence-electron chi connectivity index (χ4n) is 1.81. The average molecular weight is 313 g/mol. The molecule has 1 aliphatic rings. The first-order valence-corrected chi connectivity index (χ1v) is 8.85. The number of hydrogen-bond donors (Lipinski definition) is 2. The minimum absolute atomic E-state index is 0.133. The van der Waals surface area contributed by atoms with Gasteiger partial charge in [-0.05, 0) is 23.6 Å². The molecule has 0 bridgehead atoms. The third-order valence-corrected chi connectivity index (χ3v) is 5.54. The molecule has 0 fully saturated rings. The van der Waals surface area contributed by atoms with Gasteiger partial charge >= 0.3 is 0 Å². The van der Waals surface area contributed by atoms with Crippen molar-refractivity contribution < 1.29 is 8.42 Å². The summed E-state index contributed by atoms with van der Waals surface area (Å²) in [5.74, 6) is 0.608. The topological polar surface area (TPSA) is 84.5 Å². The Hall–Kier alpha value is -1.05. The summed E-state index contributed by atoms with van der Waals surface area (Å²) in [5.41, 5.74) is 0.994. The predicted molar refractivity (Wildman–Crippen MR) is 83.2 cm³/mol. The highest BCUT2D eigenvalue weighted by molar-refractivity contribution is 8.14. The minimum Gasteiger partial charge on any atom is -0.361 e. The first kappa shape index (κ1) is 15.3. The van der Waals surface area contributed by atoms with Crippen molar-refractivity contribution in [1.29, 1.82) is 0 Å². The molecule has 1 aromatic rings. The van der Waals surface area contributed by atoms with Gasteiger partial charge in [-0.25, -0.2) is 13.6 Å². The van der Waals surface area contributed by atoms with Crippen molar-refractivity contribution in [2.45, 2.75) is 30.5 Å². The van der Waals surface area contributed by atoms with Gasteiger partial charge in [0.05, 0.1) is 11.4 Å². The monoisotopic (exact) mass is 313 g/mol. The SMILES string of the molecule is CC(C)C1CN=C(NCc2ccc(S(N)(=O)=O)cc2)S1. The van der Waals surface area contributed by atoms with E-state index in [4.69, 9.17) is 5.14 Å². The zero-order valence-corrected chi connectivity index (χ0v) is 13.2. The number of nitrogens with one attached hydrogen (secondary N) is 1. The first-order chi connectivity index (χ1) is 9.36. The smallest absolute Gasteiger partial charge is 0.238 e. The van der Waals surface area contributed by atoms with Crippen LogP contribution in [0, 0.1) is 5.92 Å². The molecule has 7 heteroatoms. The molecule has 3 N–H and O–H groups in total. The summed E-state index contributed by atoms with van der Waals surface area (Å²) in [4.78, 5) is 4.60. The van der Waals surface area contributed by atoms with Crippen LogP contribution in [0.25, 0.3) is 0 Å². The van der Waals surface area contributed by atoms with Crippen LogP contribution in [0.4, 0.5) is 0 Å². The van der Waals surface area contributed by atoms with E-state index in [-0.39, 0.29) is 4.90 Å². The Kier molecular flexibility index (Phi) is 4.72. The lowest BCUT2D eigenvalue weighted by Crippen LogP contribution is -2.20. The predicted octanol–water partition coefficient (Wildman–Crippen LogP) is 1.55. The zero-order valence-electron chi connectivity index (χ0n) is 11.5. The number of thioether (sulfide) groups is 1. The molecule has 5 nitrogen and oxygen atoms in total. The molecule has 1 aliphatic heterocycles. The van der Waals surface area contributed by atoms with Crippen LogP contribution in [-0.2, 0) is 16.6 Å². The molecule has 0 radical (unpaired) electrons. The third kappa shape index (κ3) is 3.97. The molecular weight excluding hydrogens is 294 g/mol. The lowest BCUT2D eigenvalue weighted by Gasteiger charge is -2.12. The van der Waals surface area contributed by atoms with Crippen LogP contribution < -0.4 is 10.5 Å². The number of benzene rings is 1. The van der Waals surface area contributed by atoms with Crippen molar-refractivity contribution >= 4 is 27.0 Å². The van der Waals surface area contributed by atoms with Crippen LogP contribution in [0.2, 0.25) is 0 Å². The van der Waals surface area contributed by atoms with Gasteiger partial charge in [-0.1, -0.05) is 37.7 Å². The molecular formula is C13H19N3O2S2. The van der Waals surface area contributed by atoms with E-state index >= 15 is 0 Å². The number of sulfonamides is 1. The second kappa shape index (κ2) is 6.15. The highest BCUT2D eigenvalue weighted by Gasteiger charge is 2.22. The summed E-state index contributed by atoms with van der Waals surface area (Å²) in [7, 11) is -3.62. The summed E-state index contributed by atoms with van der Waals surface area (Å²) in [6, 6.07) is 6.55. The summed E-state index contributed by atoms with van der Waals surface area (Å²) >= 11 is 1.77. The molecule has 1 heterocycles. The summed E-state index contributed by atoms with van der Waals surface area (Å²) in [6.07, 6.45) is 0. The largest absolute Gasteiger partial charge is 0.361 e. The van der Waals surface area contributed by atoms with E-state index in [2.05, 4.69) is 24.2 Å². The fraction of sp³-hybridized carbons (Fsp3) is 0.462. The Balaban J connectivity index is 1.89. The van der Waals surface area contributed by atoms with Gasteiger partial charge in [0.15, 0.2) is 5.17 Å². The molecule has 2 rings (SSSR count). The van der Waals surface area contributed by atoms with Gasteiger partial charge in [0.2, 0.25) is 10.0 Å². The van der Waals surface area contributed by atoms with Crippen LogP contribution in [0.1, 0.15) is 19.4 Å². The quantitative estimate of drug-likeness (QED) is 0.883. The summed E-state index contributed by atoms with van der Waals surface area (Å²) in [6.45, 7) is 5.88. The Morgan fingerprint density at radius 2 is 2.05 bits per heavy atom. The van der Waals surface area contributed by atoms with Gasteiger partial charge in [-0.3, -0.25) is 4.99 Å². The van der Waals surface area contributed by atoms with Crippen molar-refractivity contribution in [3.63, 3.8) is 0 Å². The van der Waals surface area contributed by atoms with E-state index in [9.17, 15) is 8.42 Å². The number of nitrogens with two attached hydrogens (primary N) is 1. The summed E-state index contributed by atoms with van der Waals surface area (Å²) in [5, 5.41) is 9.83. The lowest BCUT2D eigenvalue weighted by molar-refractivity contribution is 0.597. The molecule has 1 unspecified atom stereocenters. The maximum Gasteiger partial charge on any atom is 0.238 e. The maximum atomic E-state index is 11.2. The number of primary sulfonamides is 1. The van der Waals surface area contributed by atoms with Gasteiger partial charge in [-0.15, -0.1) is 0 Å². The van der Waals surface area contributed by atoms with Gasteiger partial charge in [-0.2, -0.15) is 0 Å². The van der Waals surface area contributed by atoms with Gasteiger partial charge in [0.25, 0.3) is 0 Å². The molecule has 0 saturated carbocycles. The van der Waals surface area contributed by atoms with Gasteiger partial charge in [0, 0.05) is 11.8 Å². The van der Waals surface area contributed by atoms with E-state index in [0.717, 1.165) is 17.3 Å². The molecule has 0 aromatic heterocycles. The second-order valence-electron chi connectivity index (χ2n) is 5.09. The third-order valence-electron chi connectivity index (χ3n) is 3.12. The van der Waals surface area contributed by atoms with E-state index in [1.165, 1.54) is 12.1 Å². The molecule has 1 aromatic carbocycles. The van der Waals surface area contributed by atoms with Crippen LogP contribution in [-0.4, -0.2) is 25.4 Å². The molecule has 0 amide bonds. The van der Waals surface area contributed by atoms with Crippen molar-refractivity contribution in [3.8, 4) is 0 Å². The standard InChI is InChI=1S/C13H19N3O2S2/c1-9(2)12-8-16-13(19-12)15-7-10-3-5-11(6-4-10)20(14,17)18/h3-6,9,12H,7-8H2,1-2H3,(H,15,16)(H2,14,17,18). The van der Waals surface area contributed by atoms with E-state index in [1.807, 2.05) is 0 Å². The molecule has 0 saturated heterocycles. The minimum atomic E-state index is -3.62. The Morgan fingerprint density at radius 1 is 1.40 bits per heavy atom. The van der Waals surface area contributed by atoms with Crippen LogP contribution in [0.5, 0.6) is 0 Å². The highest BCUT2D eigenvalue weighted by Crippen LogP contribution is 2.26. The number of rotatable bonds is 4. The highest BCUT2D eigenvalue weighted by atomic mass is 32.2. The molecule has 0 spiro atoms. The Morgan fingerprint density at radius 3 is 2.55 bits per heavy atom. The number of hydrogen-bond acceptors (Lipinski definition) is 5. The fourth-order valence-corrected chi connectivity index (χ4v) is 3.34. The number of nitrogens with zero attached hydrogens (tertiary/aromatic N) is 1. The Labute approximate surface area is 124 Å². The molecule has 20 heavy (non-hydrogen) atoms. The number of amidine groups is 1. The van der Waals surface area contributed by atoms with Crippen molar-refractivity contribution in [1.82, 2.24) is 5.32 Å². The van der Waals surface area contributed by atoms with Crippen molar-refractivity contribution in [2.75, 3.05) is 6.54 Å². The lowest BCUT2D eigenvalue weighted by atomic mass is 10.1. The van der Waals surface area contributed by atoms with E-state index in [0.29, 0.717) is 17.7 Å². The van der Waals surface area contributed by atoms with E-state index in [1.54, 1.807) is 23.9 Å². The second-order valence-corrected chi connectivity index (χ2v) is 7.88. The summed E-state index contributed by atoms with van der Waals surface area (Å²) < 4.78 is 22.3. The van der Waals surface area contributed by atoms with Crippen LogP contribution >= 0.6 is 11.8 Å². The van der Waals surface area contributed by atoms with Crippen LogP contribution in [0.15, 0.2) is 34.2 Å². The zero-order chi connectivity index (χ0) is 14.8. The molecule has 110 valence electrons.